The molecule has 1 aromatic heterocycles. The highest BCUT2D eigenvalue weighted by Gasteiger charge is 2.29. The molecule has 2 heterocycles. The Labute approximate surface area is 130 Å². The Kier molecular flexibility index (Phi) is 5.42. The van der Waals surface area contributed by atoms with Crippen LogP contribution in [-0.4, -0.2) is 36.2 Å². The minimum atomic E-state index is -0.221. The van der Waals surface area contributed by atoms with Crippen LogP contribution in [-0.2, 0) is 4.74 Å². The average Bonchev–Trinajstić information content (AvgIpc) is 2.46. The van der Waals surface area contributed by atoms with Gasteiger partial charge in [0, 0.05) is 31.5 Å². The zero-order valence-electron chi connectivity index (χ0n) is 12.5. The summed E-state index contributed by atoms with van der Waals surface area (Å²) in [7, 11) is 0. The number of nitrogens with one attached hydrogen (secondary N) is 2. The van der Waals surface area contributed by atoms with Crippen molar-refractivity contribution in [2.75, 3.05) is 25.1 Å². The minimum Gasteiger partial charge on any atom is -0.381 e. The molecule has 0 saturated carbocycles. The van der Waals surface area contributed by atoms with Gasteiger partial charge in [0.05, 0.1) is 10.6 Å². The monoisotopic (exact) mass is 311 g/mol. The van der Waals surface area contributed by atoms with E-state index < -0.39 is 0 Å². The van der Waals surface area contributed by atoms with E-state index in [0.29, 0.717) is 29.6 Å². The molecule has 1 fully saturated rings. The molecule has 1 aromatic rings. The van der Waals surface area contributed by atoms with Gasteiger partial charge in [-0.05, 0) is 32.3 Å². The van der Waals surface area contributed by atoms with Crippen LogP contribution in [0.1, 0.15) is 43.5 Å². The van der Waals surface area contributed by atoms with E-state index in [1.807, 2.05) is 6.92 Å². The number of aromatic nitrogens is 1. The van der Waals surface area contributed by atoms with Crippen molar-refractivity contribution < 1.29 is 9.53 Å². The van der Waals surface area contributed by atoms with Crippen LogP contribution in [0.5, 0.6) is 0 Å². The fourth-order valence-electron chi connectivity index (χ4n) is 2.23. The lowest BCUT2D eigenvalue weighted by Gasteiger charge is -2.34. The highest BCUT2D eigenvalue weighted by atomic mass is 35.5. The Balaban J connectivity index is 2.03. The van der Waals surface area contributed by atoms with Crippen molar-refractivity contribution in [2.24, 2.45) is 0 Å². The van der Waals surface area contributed by atoms with E-state index in [0.717, 1.165) is 25.8 Å². The number of ether oxygens (including phenoxy) is 1. The van der Waals surface area contributed by atoms with Crippen molar-refractivity contribution >= 4 is 23.3 Å². The van der Waals surface area contributed by atoms with E-state index in [9.17, 15) is 4.79 Å². The predicted octanol–water partition coefficient (Wildman–Crippen LogP) is 2.86. The summed E-state index contributed by atoms with van der Waals surface area (Å²) in [6.45, 7) is 6.26. The number of nitrogens with zero attached hydrogens (tertiary/aromatic N) is 1. The van der Waals surface area contributed by atoms with E-state index in [1.54, 1.807) is 12.3 Å². The normalized spacial score (nSPS) is 17.3. The summed E-state index contributed by atoms with van der Waals surface area (Å²) in [5.74, 6) is 0.475. The maximum absolute atomic E-state index is 12.3. The van der Waals surface area contributed by atoms with Gasteiger partial charge < -0.3 is 15.4 Å². The summed E-state index contributed by atoms with van der Waals surface area (Å²) in [4.78, 5) is 16.5. The summed E-state index contributed by atoms with van der Waals surface area (Å²) in [6.07, 6.45) is 4.18. The number of anilines is 1. The Morgan fingerprint density at radius 1 is 1.48 bits per heavy atom. The van der Waals surface area contributed by atoms with Crippen LogP contribution in [0.4, 0.5) is 5.82 Å². The largest absolute Gasteiger partial charge is 0.381 e. The van der Waals surface area contributed by atoms with Gasteiger partial charge in [0.15, 0.2) is 0 Å². The molecule has 0 unspecified atom stereocenters. The summed E-state index contributed by atoms with van der Waals surface area (Å²) in [5.41, 5.74) is 0.260. The molecule has 1 saturated heterocycles. The maximum atomic E-state index is 12.3. The first-order valence-corrected chi connectivity index (χ1v) is 7.71. The van der Waals surface area contributed by atoms with Crippen LogP contribution >= 0.6 is 11.6 Å². The van der Waals surface area contributed by atoms with Gasteiger partial charge in [-0.25, -0.2) is 4.98 Å². The van der Waals surface area contributed by atoms with Crippen molar-refractivity contribution in [1.29, 1.82) is 0 Å². The molecular formula is C15H22ClN3O2. The van der Waals surface area contributed by atoms with Gasteiger partial charge >= 0.3 is 0 Å². The fourth-order valence-corrected chi connectivity index (χ4v) is 2.46. The molecule has 21 heavy (non-hydrogen) atoms. The van der Waals surface area contributed by atoms with E-state index >= 15 is 0 Å². The van der Waals surface area contributed by atoms with E-state index in [-0.39, 0.29) is 11.4 Å². The Morgan fingerprint density at radius 2 is 2.19 bits per heavy atom. The summed E-state index contributed by atoms with van der Waals surface area (Å²) in [6, 6.07) is 1.66. The number of carbonyl (C=O) groups is 1. The third-order valence-corrected chi connectivity index (χ3v) is 3.95. The molecule has 0 spiro atoms. The van der Waals surface area contributed by atoms with Crippen molar-refractivity contribution in [3.05, 3.63) is 22.8 Å². The van der Waals surface area contributed by atoms with Gasteiger partial charge in [0.25, 0.3) is 5.91 Å². The molecule has 1 aliphatic rings. The van der Waals surface area contributed by atoms with Gasteiger partial charge in [0.2, 0.25) is 0 Å². The highest BCUT2D eigenvalue weighted by Crippen LogP contribution is 2.23. The first kappa shape index (κ1) is 16.0. The highest BCUT2D eigenvalue weighted by molar-refractivity contribution is 6.33. The first-order valence-electron chi connectivity index (χ1n) is 7.34. The zero-order valence-corrected chi connectivity index (χ0v) is 13.3. The molecule has 1 amide bonds. The second-order valence-electron chi connectivity index (χ2n) is 5.61. The molecule has 0 atom stereocenters. The van der Waals surface area contributed by atoms with Gasteiger partial charge in [-0.1, -0.05) is 18.5 Å². The molecule has 0 aliphatic carbocycles. The van der Waals surface area contributed by atoms with E-state index in [2.05, 4.69) is 22.5 Å². The van der Waals surface area contributed by atoms with Crippen LogP contribution in [0.15, 0.2) is 12.3 Å². The Bertz CT molecular complexity index is 502. The standard InChI is InChI=1S/C15H22ClN3O2/c1-3-6-17-13-12(16)9-11(10-18-13)14(20)19-15(2)4-7-21-8-5-15/h9-10H,3-8H2,1-2H3,(H,17,18)(H,19,20). The maximum Gasteiger partial charge on any atom is 0.253 e. The van der Waals surface area contributed by atoms with Crippen molar-refractivity contribution in [2.45, 2.75) is 38.6 Å². The zero-order chi connectivity index (χ0) is 15.3. The second kappa shape index (κ2) is 7.09. The SMILES string of the molecule is CCCNc1ncc(C(=O)NC2(C)CCOCC2)cc1Cl. The molecule has 0 radical (unpaired) electrons. The number of halogens is 1. The molecular weight excluding hydrogens is 290 g/mol. The van der Waals surface area contributed by atoms with Gasteiger partial charge in [-0.15, -0.1) is 0 Å². The van der Waals surface area contributed by atoms with Gasteiger partial charge in [-0.2, -0.15) is 0 Å². The smallest absolute Gasteiger partial charge is 0.253 e. The molecule has 6 heteroatoms. The Morgan fingerprint density at radius 3 is 2.81 bits per heavy atom. The Hall–Kier alpha value is -1.33. The quantitative estimate of drug-likeness (QED) is 0.877. The summed E-state index contributed by atoms with van der Waals surface area (Å²) in [5, 5.41) is 6.66. The van der Waals surface area contributed by atoms with Gasteiger partial charge in [-0.3, -0.25) is 4.79 Å². The topological polar surface area (TPSA) is 63.2 Å². The van der Waals surface area contributed by atoms with Crippen molar-refractivity contribution in [3.63, 3.8) is 0 Å². The van der Waals surface area contributed by atoms with Crippen LogP contribution in [0.3, 0.4) is 0 Å². The molecule has 5 nitrogen and oxygen atoms in total. The number of carbonyl (C=O) groups excluding carboxylic acids is 1. The third kappa shape index (κ3) is 4.32. The molecule has 0 aromatic carbocycles. The minimum absolute atomic E-state index is 0.143. The predicted molar refractivity (Wildman–Crippen MR) is 84.0 cm³/mol. The lowest BCUT2D eigenvalue weighted by Crippen LogP contribution is -2.49. The molecule has 2 N–H and O–H groups in total. The molecule has 1 aliphatic heterocycles. The first-order chi connectivity index (χ1) is 10.0. The molecule has 2 rings (SSSR count). The van der Waals surface area contributed by atoms with Crippen molar-refractivity contribution in [1.82, 2.24) is 10.3 Å². The lowest BCUT2D eigenvalue weighted by atomic mass is 9.92. The van der Waals surface area contributed by atoms with Crippen LogP contribution in [0, 0.1) is 0 Å². The number of amides is 1. The second-order valence-corrected chi connectivity index (χ2v) is 6.02. The third-order valence-electron chi connectivity index (χ3n) is 3.66. The number of rotatable bonds is 5. The van der Waals surface area contributed by atoms with Crippen LogP contribution in [0.25, 0.3) is 0 Å². The average molecular weight is 312 g/mol. The fraction of sp³-hybridized carbons (Fsp3) is 0.600. The molecule has 0 bridgehead atoms. The molecule has 116 valence electrons. The van der Waals surface area contributed by atoms with Crippen molar-refractivity contribution in [3.8, 4) is 0 Å². The summed E-state index contributed by atoms with van der Waals surface area (Å²) < 4.78 is 5.33. The number of hydrogen-bond acceptors (Lipinski definition) is 4. The number of pyridine rings is 1. The summed E-state index contributed by atoms with van der Waals surface area (Å²) >= 11 is 6.16. The lowest BCUT2D eigenvalue weighted by molar-refractivity contribution is 0.0423. The van der Waals surface area contributed by atoms with Crippen LogP contribution in [0.2, 0.25) is 5.02 Å². The van der Waals surface area contributed by atoms with Gasteiger partial charge in [0.1, 0.15) is 5.82 Å². The van der Waals surface area contributed by atoms with Crippen LogP contribution < -0.4 is 10.6 Å². The number of hydrogen-bond donors (Lipinski definition) is 2. The van der Waals surface area contributed by atoms with E-state index in [4.69, 9.17) is 16.3 Å². The van der Waals surface area contributed by atoms with E-state index in [1.165, 1.54) is 0 Å².